The molecule has 3 rings (SSSR count). The highest BCUT2D eigenvalue weighted by Gasteiger charge is 2.46. The normalized spacial score (nSPS) is 17.3. The van der Waals surface area contributed by atoms with E-state index < -0.39 is 17.7 Å². The van der Waals surface area contributed by atoms with Gasteiger partial charge in [0, 0.05) is 23.7 Å². The first-order chi connectivity index (χ1) is 16.9. The number of rotatable bonds is 11. The van der Waals surface area contributed by atoms with Crippen LogP contribution in [0, 0.1) is 0 Å². The van der Waals surface area contributed by atoms with Crippen molar-refractivity contribution in [3.05, 3.63) is 64.2 Å². The summed E-state index contributed by atoms with van der Waals surface area (Å²) in [6.45, 7) is 11.4. The molecule has 0 bridgehead atoms. The molecule has 188 valence electrons. The van der Waals surface area contributed by atoms with E-state index in [9.17, 15) is 14.7 Å². The first kappa shape index (κ1) is 26.6. The summed E-state index contributed by atoms with van der Waals surface area (Å²) in [4.78, 5) is 30.1. The van der Waals surface area contributed by atoms with Gasteiger partial charge in [-0.25, -0.2) is 0 Å². The number of carbonyl (C=O) groups is 2. The summed E-state index contributed by atoms with van der Waals surface area (Å²) in [5, 5.41) is 11.7. The highest BCUT2D eigenvalue weighted by molar-refractivity contribution is 6.46. The molecule has 0 unspecified atom stereocenters. The molecule has 0 aliphatic carbocycles. The van der Waals surface area contributed by atoms with E-state index in [1.807, 2.05) is 19.9 Å². The first-order valence-electron chi connectivity index (χ1n) is 12.0. The van der Waals surface area contributed by atoms with Crippen LogP contribution in [0.25, 0.3) is 5.76 Å². The second-order valence-electron chi connectivity index (χ2n) is 8.10. The number of ether oxygens (including phenoxy) is 2. The van der Waals surface area contributed by atoms with Crippen LogP contribution in [0.3, 0.4) is 0 Å². The number of aliphatic hydroxyl groups excluding tert-OH is 1. The maximum Gasteiger partial charge on any atom is 0.295 e. The van der Waals surface area contributed by atoms with E-state index in [4.69, 9.17) is 21.1 Å². The number of ketones is 1. The van der Waals surface area contributed by atoms with Crippen LogP contribution in [-0.2, 0) is 9.59 Å². The molecule has 7 nitrogen and oxygen atoms in total. The number of benzene rings is 2. The number of amides is 1. The minimum absolute atomic E-state index is 0.0449. The zero-order valence-corrected chi connectivity index (χ0v) is 21.5. The van der Waals surface area contributed by atoms with E-state index in [0.29, 0.717) is 54.0 Å². The fourth-order valence-electron chi connectivity index (χ4n) is 4.25. The third kappa shape index (κ3) is 5.80. The average molecular weight is 501 g/mol. The van der Waals surface area contributed by atoms with Gasteiger partial charge in [0.1, 0.15) is 5.76 Å². The van der Waals surface area contributed by atoms with E-state index in [0.717, 1.165) is 13.1 Å². The summed E-state index contributed by atoms with van der Waals surface area (Å²) in [5.74, 6) is -0.482. The molecular weight excluding hydrogens is 468 g/mol. The van der Waals surface area contributed by atoms with E-state index in [-0.39, 0.29) is 11.3 Å². The number of halogens is 1. The van der Waals surface area contributed by atoms with Crippen molar-refractivity contribution in [3.8, 4) is 11.5 Å². The Hall–Kier alpha value is -3.03. The number of Topliss-reactive ketones (excluding diaryl/α,β-unsaturated/α-hetero) is 1. The van der Waals surface area contributed by atoms with Crippen LogP contribution in [0.2, 0.25) is 5.02 Å². The van der Waals surface area contributed by atoms with E-state index in [1.54, 1.807) is 36.4 Å². The molecule has 1 aliphatic rings. The van der Waals surface area contributed by atoms with Gasteiger partial charge in [0.15, 0.2) is 11.5 Å². The average Bonchev–Trinajstić information content (AvgIpc) is 3.11. The van der Waals surface area contributed by atoms with Gasteiger partial charge in [-0.2, -0.15) is 0 Å². The quantitative estimate of drug-likeness (QED) is 0.268. The summed E-state index contributed by atoms with van der Waals surface area (Å²) in [6.07, 6.45) is 0. The lowest BCUT2D eigenvalue weighted by atomic mass is 9.95. The van der Waals surface area contributed by atoms with Gasteiger partial charge in [0.05, 0.1) is 24.8 Å². The predicted octanol–water partition coefficient (Wildman–Crippen LogP) is 4.90. The zero-order valence-electron chi connectivity index (χ0n) is 20.7. The van der Waals surface area contributed by atoms with Gasteiger partial charge in [0.25, 0.3) is 11.7 Å². The molecule has 1 N–H and O–H groups in total. The summed E-state index contributed by atoms with van der Waals surface area (Å²) in [5.41, 5.74) is 1.12. The standard InChI is InChI=1S/C27H33ClN2O5/c1-5-29(6-2)15-16-30-24(19-11-14-21(34-7-3)22(17-19)35-8-4)23(26(32)27(30)33)25(31)18-9-12-20(28)13-10-18/h9-14,17,24,31H,5-8,15-16H2,1-4H3/b25-23+/t24-/m0/s1. The summed E-state index contributed by atoms with van der Waals surface area (Å²) < 4.78 is 11.5. The van der Waals surface area contributed by atoms with E-state index >= 15 is 0 Å². The van der Waals surface area contributed by atoms with Crippen LogP contribution >= 0.6 is 11.6 Å². The minimum atomic E-state index is -0.767. The zero-order chi connectivity index (χ0) is 25.5. The Morgan fingerprint density at radius 3 is 2.20 bits per heavy atom. The number of hydrogen-bond acceptors (Lipinski definition) is 6. The monoisotopic (exact) mass is 500 g/mol. The number of nitrogens with zero attached hydrogens (tertiary/aromatic N) is 2. The van der Waals surface area contributed by atoms with E-state index in [1.165, 1.54) is 4.90 Å². The van der Waals surface area contributed by atoms with Gasteiger partial charge in [-0.3, -0.25) is 9.59 Å². The molecule has 0 radical (unpaired) electrons. The predicted molar refractivity (Wildman–Crippen MR) is 137 cm³/mol. The molecule has 1 atom stereocenters. The topological polar surface area (TPSA) is 79.3 Å². The van der Waals surface area contributed by atoms with Crippen molar-refractivity contribution in [2.75, 3.05) is 39.4 Å². The summed E-state index contributed by atoms with van der Waals surface area (Å²) in [7, 11) is 0. The Morgan fingerprint density at radius 2 is 1.60 bits per heavy atom. The second-order valence-corrected chi connectivity index (χ2v) is 8.53. The Labute approximate surface area is 211 Å². The van der Waals surface area contributed by atoms with Gasteiger partial charge < -0.3 is 24.4 Å². The molecule has 2 aromatic carbocycles. The Kier molecular flexibility index (Phi) is 9.18. The second kappa shape index (κ2) is 12.1. The molecule has 2 aromatic rings. The van der Waals surface area contributed by atoms with Crippen LogP contribution in [0.1, 0.15) is 44.9 Å². The highest BCUT2D eigenvalue weighted by atomic mass is 35.5. The maximum absolute atomic E-state index is 13.2. The summed E-state index contributed by atoms with van der Waals surface area (Å²) >= 11 is 6.00. The number of aliphatic hydroxyl groups is 1. The third-order valence-electron chi connectivity index (χ3n) is 6.09. The smallest absolute Gasteiger partial charge is 0.295 e. The van der Waals surface area contributed by atoms with Crippen LogP contribution < -0.4 is 9.47 Å². The molecular formula is C27H33ClN2O5. The molecule has 0 aromatic heterocycles. The Morgan fingerprint density at radius 1 is 0.971 bits per heavy atom. The minimum Gasteiger partial charge on any atom is -0.507 e. The molecule has 1 saturated heterocycles. The third-order valence-corrected chi connectivity index (χ3v) is 6.34. The van der Waals surface area contributed by atoms with Crippen LogP contribution in [0.5, 0.6) is 11.5 Å². The van der Waals surface area contributed by atoms with Gasteiger partial charge in [-0.05, 0) is 68.9 Å². The largest absolute Gasteiger partial charge is 0.507 e. The number of hydrogen-bond donors (Lipinski definition) is 1. The number of likely N-dealkylation sites (N-methyl/N-ethyl adjacent to an activating group) is 1. The van der Waals surface area contributed by atoms with Crippen molar-refractivity contribution in [1.29, 1.82) is 0 Å². The van der Waals surface area contributed by atoms with Gasteiger partial charge in [-0.1, -0.05) is 31.5 Å². The molecule has 35 heavy (non-hydrogen) atoms. The van der Waals surface area contributed by atoms with Crippen molar-refractivity contribution in [2.24, 2.45) is 0 Å². The lowest BCUT2D eigenvalue weighted by Gasteiger charge is -2.28. The first-order valence-corrected chi connectivity index (χ1v) is 12.4. The molecule has 8 heteroatoms. The van der Waals surface area contributed by atoms with Crippen LogP contribution in [0.15, 0.2) is 48.0 Å². The number of carbonyl (C=O) groups excluding carboxylic acids is 2. The van der Waals surface area contributed by atoms with Crippen LogP contribution in [-0.4, -0.2) is 66.0 Å². The van der Waals surface area contributed by atoms with Gasteiger partial charge in [-0.15, -0.1) is 0 Å². The molecule has 1 aliphatic heterocycles. The molecule has 1 amide bonds. The fourth-order valence-corrected chi connectivity index (χ4v) is 4.37. The van der Waals surface area contributed by atoms with Crippen molar-refractivity contribution >= 4 is 29.1 Å². The Bertz CT molecular complexity index is 1080. The SMILES string of the molecule is CCOc1ccc([C@H]2/C(=C(\O)c3ccc(Cl)cc3)C(=O)C(=O)N2CCN(CC)CC)cc1OCC. The van der Waals surface area contributed by atoms with Crippen molar-refractivity contribution in [3.63, 3.8) is 0 Å². The lowest BCUT2D eigenvalue weighted by molar-refractivity contribution is -0.140. The number of likely N-dealkylation sites (tertiary alicyclic amines) is 1. The lowest BCUT2D eigenvalue weighted by Crippen LogP contribution is -2.38. The van der Waals surface area contributed by atoms with Crippen LogP contribution in [0.4, 0.5) is 0 Å². The fraction of sp³-hybridized carbons (Fsp3) is 0.407. The van der Waals surface area contributed by atoms with Gasteiger partial charge >= 0.3 is 0 Å². The van der Waals surface area contributed by atoms with Gasteiger partial charge in [0.2, 0.25) is 0 Å². The van der Waals surface area contributed by atoms with Crippen molar-refractivity contribution in [1.82, 2.24) is 9.80 Å². The molecule has 1 heterocycles. The highest BCUT2D eigenvalue weighted by Crippen LogP contribution is 2.42. The molecule has 0 saturated carbocycles. The Balaban J connectivity index is 2.14. The van der Waals surface area contributed by atoms with E-state index in [2.05, 4.69) is 18.7 Å². The molecule has 0 spiro atoms. The maximum atomic E-state index is 13.2. The molecule has 1 fully saturated rings. The summed E-state index contributed by atoms with van der Waals surface area (Å²) in [6, 6.07) is 11.1. The van der Waals surface area contributed by atoms with Crippen molar-refractivity contribution in [2.45, 2.75) is 33.7 Å². The van der Waals surface area contributed by atoms with Crippen molar-refractivity contribution < 1.29 is 24.2 Å².